The van der Waals surface area contributed by atoms with E-state index in [9.17, 15) is 4.79 Å². The van der Waals surface area contributed by atoms with Crippen molar-refractivity contribution in [2.75, 3.05) is 11.4 Å². The van der Waals surface area contributed by atoms with Crippen LogP contribution in [0.3, 0.4) is 0 Å². The maximum atomic E-state index is 13.1. The Bertz CT molecular complexity index is 1120. The molecule has 1 amide bonds. The number of hydrogen-bond donors (Lipinski definition) is 1. The number of carbonyl (C=O) groups excluding carboxylic acids is 1. The molecule has 5 rings (SSSR count). The maximum absolute atomic E-state index is 13.1. The van der Waals surface area contributed by atoms with Gasteiger partial charge in [0, 0.05) is 28.5 Å². The van der Waals surface area contributed by atoms with Gasteiger partial charge >= 0.3 is 0 Å². The number of nitrogens with zero attached hydrogens (tertiary/aromatic N) is 2. The zero-order valence-corrected chi connectivity index (χ0v) is 15.8. The number of aryl methyl sites for hydroxylation is 2. The number of anilines is 1. The average Bonchev–Trinajstić information content (AvgIpc) is 3.33. The lowest BCUT2D eigenvalue weighted by Gasteiger charge is -2.29. The molecule has 0 saturated heterocycles. The fraction of sp³-hybridized carbons (Fsp3) is 0.182. The number of nitrogens with one attached hydrogen (secondary N) is 1. The summed E-state index contributed by atoms with van der Waals surface area (Å²) in [5.41, 5.74) is 6.06. The van der Waals surface area contributed by atoms with Gasteiger partial charge in [0.05, 0.1) is 5.69 Å². The number of hydrogen-bond acceptors (Lipinski definition) is 3. The minimum atomic E-state index is -0.0154. The van der Waals surface area contributed by atoms with E-state index in [2.05, 4.69) is 47.2 Å². The molecular formula is C22H19N3OS. The Kier molecular flexibility index (Phi) is 3.83. The van der Waals surface area contributed by atoms with Gasteiger partial charge in [-0.1, -0.05) is 35.9 Å². The average molecular weight is 373 g/mol. The van der Waals surface area contributed by atoms with Crippen LogP contribution in [0.5, 0.6) is 0 Å². The first-order valence-corrected chi connectivity index (χ1v) is 10.0. The lowest BCUT2D eigenvalue weighted by atomic mass is 9.99. The molecule has 4 nitrogen and oxygen atoms in total. The molecule has 2 aromatic carbocycles. The normalized spacial score (nSPS) is 13.7. The summed E-state index contributed by atoms with van der Waals surface area (Å²) in [6.45, 7) is 2.84. The number of amides is 1. The molecule has 27 heavy (non-hydrogen) atoms. The van der Waals surface area contributed by atoms with Crippen LogP contribution in [-0.2, 0) is 6.42 Å². The van der Waals surface area contributed by atoms with Crippen LogP contribution in [0.2, 0.25) is 0 Å². The summed E-state index contributed by atoms with van der Waals surface area (Å²) in [5.74, 6) is -0.0154. The molecule has 0 spiro atoms. The summed E-state index contributed by atoms with van der Waals surface area (Å²) < 4.78 is 0. The topological polar surface area (TPSA) is 49.0 Å². The Hall–Kier alpha value is -2.92. The predicted octanol–water partition coefficient (Wildman–Crippen LogP) is 5.19. The van der Waals surface area contributed by atoms with Crippen LogP contribution < -0.4 is 4.90 Å². The van der Waals surface area contributed by atoms with Crippen molar-refractivity contribution < 1.29 is 4.79 Å². The zero-order valence-electron chi connectivity index (χ0n) is 15.0. The standard InChI is InChI=1S/C22H19N3OS/c1-14-8-9-20-16(11-14)6-4-10-25(20)22(26)19-13-27-21(24-19)18-12-15-5-2-3-7-17(15)23-18/h2-3,5,7-9,11-13,23H,4,6,10H2,1H3. The Balaban J connectivity index is 1.47. The van der Waals surface area contributed by atoms with Gasteiger partial charge in [0.15, 0.2) is 0 Å². The highest BCUT2D eigenvalue weighted by atomic mass is 32.1. The molecule has 0 atom stereocenters. The van der Waals surface area contributed by atoms with E-state index in [0.29, 0.717) is 5.69 Å². The molecule has 1 aliphatic heterocycles. The van der Waals surface area contributed by atoms with Gasteiger partial charge in [-0.25, -0.2) is 4.98 Å². The number of aromatic amines is 1. The lowest BCUT2D eigenvalue weighted by Crippen LogP contribution is -2.35. The van der Waals surface area contributed by atoms with Crippen LogP contribution >= 0.6 is 11.3 Å². The predicted molar refractivity (Wildman–Crippen MR) is 111 cm³/mol. The van der Waals surface area contributed by atoms with Gasteiger partial charge in [-0.05, 0) is 43.5 Å². The van der Waals surface area contributed by atoms with E-state index in [-0.39, 0.29) is 5.91 Å². The van der Waals surface area contributed by atoms with Gasteiger partial charge in [-0.15, -0.1) is 11.3 Å². The number of fused-ring (bicyclic) bond motifs is 2. The molecular weight excluding hydrogens is 354 g/mol. The third-order valence-corrected chi connectivity index (χ3v) is 5.96. The van der Waals surface area contributed by atoms with Gasteiger partial charge in [-0.2, -0.15) is 0 Å². The second kappa shape index (κ2) is 6.35. The van der Waals surface area contributed by atoms with Crippen molar-refractivity contribution in [2.45, 2.75) is 19.8 Å². The molecule has 1 aliphatic rings. The summed E-state index contributed by atoms with van der Waals surface area (Å²) in [6, 6.07) is 16.6. The minimum Gasteiger partial charge on any atom is -0.353 e. The van der Waals surface area contributed by atoms with Gasteiger partial charge in [-0.3, -0.25) is 4.79 Å². The first-order chi connectivity index (χ1) is 13.2. The molecule has 3 heterocycles. The third kappa shape index (κ3) is 2.84. The van der Waals surface area contributed by atoms with Crippen molar-refractivity contribution in [1.29, 1.82) is 0 Å². The number of aromatic nitrogens is 2. The number of thiazole rings is 1. The van der Waals surface area contributed by atoms with E-state index >= 15 is 0 Å². The molecule has 4 aromatic rings. The van der Waals surface area contributed by atoms with Crippen LogP contribution in [0, 0.1) is 6.92 Å². The van der Waals surface area contributed by atoms with Crippen LogP contribution in [0.1, 0.15) is 28.0 Å². The highest BCUT2D eigenvalue weighted by Crippen LogP contribution is 2.31. The molecule has 0 unspecified atom stereocenters. The number of para-hydroxylation sites is 1. The Morgan fingerprint density at radius 1 is 1.19 bits per heavy atom. The van der Waals surface area contributed by atoms with Crippen LogP contribution in [0.25, 0.3) is 21.6 Å². The number of carbonyl (C=O) groups is 1. The Morgan fingerprint density at radius 3 is 2.96 bits per heavy atom. The summed E-state index contributed by atoms with van der Waals surface area (Å²) in [4.78, 5) is 23.0. The van der Waals surface area contributed by atoms with E-state index in [0.717, 1.165) is 46.7 Å². The van der Waals surface area contributed by atoms with Gasteiger partial charge in [0.25, 0.3) is 5.91 Å². The molecule has 0 saturated carbocycles. The fourth-order valence-corrected chi connectivity index (χ4v) is 4.52. The summed E-state index contributed by atoms with van der Waals surface area (Å²) in [7, 11) is 0. The number of H-pyrrole nitrogens is 1. The van der Waals surface area contributed by atoms with E-state index in [1.807, 2.05) is 28.5 Å². The van der Waals surface area contributed by atoms with Gasteiger partial charge in [0.1, 0.15) is 10.7 Å². The molecule has 0 fully saturated rings. The van der Waals surface area contributed by atoms with Crippen molar-refractivity contribution in [3.8, 4) is 10.7 Å². The maximum Gasteiger partial charge on any atom is 0.277 e. The van der Waals surface area contributed by atoms with E-state index in [1.165, 1.54) is 22.5 Å². The molecule has 0 aliphatic carbocycles. The van der Waals surface area contributed by atoms with Crippen LogP contribution in [-0.4, -0.2) is 22.4 Å². The van der Waals surface area contributed by atoms with Crippen molar-refractivity contribution in [3.63, 3.8) is 0 Å². The van der Waals surface area contributed by atoms with Crippen molar-refractivity contribution in [1.82, 2.24) is 9.97 Å². The summed E-state index contributed by atoms with van der Waals surface area (Å²) in [6.07, 6.45) is 2.01. The minimum absolute atomic E-state index is 0.0154. The second-order valence-electron chi connectivity index (χ2n) is 7.00. The lowest BCUT2D eigenvalue weighted by molar-refractivity contribution is 0.0981. The highest BCUT2D eigenvalue weighted by molar-refractivity contribution is 7.13. The Labute approximate surface area is 161 Å². The summed E-state index contributed by atoms with van der Waals surface area (Å²) >= 11 is 1.50. The molecule has 134 valence electrons. The van der Waals surface area contributed by atoms with Crippen molar-refractivity contribution in [3.05, 3.63) is 70.7 Å². The molecule has 5 heteroatoms. The number of rotatable bonds is 2. The van der Waals surface area contributed by atoms with E-state index in [4.69, 9.17) is 0 Å². The molecule has 0 radical (unpaired) electrons. The monoisotopic (exact) mass is 373 g/mol. The van der Waals surface area contributed by atoms with Crippen molar-refractivity contribution in [2.24, 2.45) is 0 Å². The largest absolute Gasteiger partial charge is 0.353 e. The van der Waals surface area contributed by atoms with Crippen LogP contribution in [0.15, 0.2) is 53.9 Å². The van der Waals surface area contributed by atoms with Gasteiger partial charge in [0.2, 0.25) is 0 Å². The fourth-order valence-electron chi connectivity index (χ4n) is 3.76. The van der Waals surface area contributed by atoms with E-state index < -0.39 is 0 Å². The van der Waals surface area contributed by atoms with Crippen molar-refractivity contribution >= 4 is 33.8 Å². The van der Waals surface area contributed by atoms with Gasteiger partial charge < -0.3 is 9.88 Å². The molecule has 2 aromatic heterocycles. The Morgan fingerprint density at radius 2 is 2.07 bits per heavy atom. The quantitative estimate of drug-likeness (QED) is 0.525. The highest BCUT2D eigenvalue weighted by Gasteiger charge is 2.25. The van der Waals surface area contributed by atoms with Crippen LogP contribution in [0.4, 0.5) is 5.69 Å². The molecule has 1 N–H and O–H groups in total. The second-order valence-corrected chi connectivity index (χ2v) is 7.86. The SMILES string of the molecule is Cc1ccc2c(c1)CCCN2C(=O)c1csc(-c2cc3ccccc3[nH]2)n1. The first-order valence-electron chi connectivity index (χ1n) is 9.14. The van der Waals surface area contributed by atoms with E-state index in [1.54, 1.807) is 0 Å². The first kappa shape index (κ1) is 16.3. The third-order valence-electron chi connectivity index (χ3n) is 5.08. The zero-order chi connectivity index (χ0) is 18.4. The number of benzene rings is 2. The smallest absolute Gasteiger partial charge is 0.277 e. The molecule has 0 bridgehead atoms. The summed E-state index contributed by atoms with van der Waals surface area (Å²) in [5, 5.41) is 3.86.